The maximum Gasteiger partial charge on any atom is 0.320 e. The van der Waals surface area contributed by atoms with E-state index in [2.05, 4.69) is 11.2 Å². The van der Waals surface area contributed by atoms with Crippen LogP contribution in [0.15, 0.2) is 0 Å². The van der Waals surface area contributed by atoms with Gasteiger partial charge in [0.1, 0.15) is 0 Å². The van der Waals surface area contributed by atoms with Crippen LogP contribution in [0.4, 0.5) is 0 Å². The van der Waals surface area contributed by atoms with Gasteiger partial charge >= 0.3 is 5.97 Å². The molecule has 80 valence electrons. The Morgan fingerprint density at radius 1 is 1.50 bits per heavy atom. The van der Waals surface area contributed by atoms with Crippen LogP contribution in [0.3, 0.4) is 0 Å². The molecule has 0 aliphatic carbocycles. The second-order valence-corrected chi connectivity index (χ2v) is 3.38. The van der Waals surface area contributed by atoms with Crippen LogP contribution in [0, 0.1) is 12.3 Å². The van der Waals surface area contributed by atoms with Crippen LogP contribution < -0.4 is 5.32 Å². The fourth-order valence-electron chi connectivity index (χ4n) is 0.972. The highest BCUT2D eigenvalue weighted by atomic mass is 16.5. The van der Waals surface area contributed by atoms with Crippen molar-refractivity contribution in [3.8, 4) is 12.3 Å². The summed E-state index contributed by atoms with van der Waals surface area (Å²) in [5.41, 5.74) is 0. The van der Waals surface area contributed by atoms with Crippen LogP contribution in [0.25, 0.3) is 0 Å². The summed E-state index contributed by atoms with van der Waals surface area (Å²) in [7, 11) is 0. The van der Waals surface area contributed by atoms with Crippen molar-refractivity contribution >= 4 is 5.97 Å². The van der Waals surface area contributed by atoms with Crippen molar-refractivity contribution in [2.75, 3.05) is 13.1 Å². The van der Waals surface area contributed by atoms with Gasteiger partial charge < -0.3 is 10.1 Å². The molecule has 14 heavy (non-hydrogen) atoms. The molecule has 0 aromatic heterocycles. The molecular formula is C11H19NO2. The van der Waals surface area contributed by atoms with Gasteiger partial charge in [-0.2, -0.15) is 0 Å². The van der Waals surface area contributed by atoms with E-state index in [4.69, 9.17) is 11.2 Å². The van der Waals surface area contributed by atoms with E-state index in [1.165, 1.54) is 0 Å². The third-order valence-electron chi connectivity index (χ3n) is 1.56. The van der Waals surface area contributed by atoms with E-state index in [0.29, 0.717) is 0 Å². The molecule has 0 aliphatic rings. The van der Waals surface area contributed by atoms with Crippen LogP contribution in [0.2, 0.25) is 0 Å². The van der Waals surface area contributed by atoms with Crippen LogP contribution in [-0.4, -0.2) is 25.2 Å². The highest BCUT2D eigenvalue weighted by molar-refractivity contribution is 5.71. The molecule has 0 aromatic carbocycles. The molecule has 0 spiro atoms. The lowest BCUT2D eigenvalue weighted by molar-refractivity contribution is -0.146. The molecule has 0 atom stereocenters. The standard InChI is InChI=1S/C11H19NO2/c1-4-5-6-7-8-12-9-11(13)14-10(2)3/h1,10,12H,5-9H2,2-3H3. The fourth-order valence-corrected chi connectivity index (χ4v) is 0.972. The predicted octanol–water partition coefficient (Wildman–Crippen LogP) is 1.33. The zero-order chi connectivity index (χ0) is 10.8. The van der Waals surface area contributed by atoms with E-state index in [-0.39, 0.29) is 18.6 Å². The van der Waals surface area contributed by atoms with Crippen LogP contribution in [0.5, 0.6) is 0 Å². The number of ether oxygens (including phenoxy) is 1. The Kier molecular flexibility index (Phi) is 7.96. The predicted molar refractivity (Wildman–Crippen MR) is 56.8 cm³/mol. The molecule has 0 amide bonds. The normalized spacial score (nSPS) is 9.86. The van der Waals surface area contributed by atoms with E-state index in [1.54, 1.807) is 0 Å². The van der Waals surface area contributed by atoms with Gasteiger partial charge in [0.05, 0.1) is 12.6 Å². The molecule has 3 heteroatoms. The van der Waals surface area contributed by atoms with Crippen LogP contribution in [-0.2, 0) is 9.53 Å². The second kappa shape index (κ2) is 8.58. The van der Waals surface area contributed by atoms with E-state index in [1.807, 2.05) is 13.8 Å². The van der Waals surface area contributed by atoms with Crippen molar-refractivity contribution in [1.29, 1.82) is 0 Å². The molecular weight excluding hydrogens is 178 g/mol. The number of carbonyl (C=O) groups is 1. The van der Waals surface area contributed by atoms with E-state index < -0.39 is 0 Å². The second-order valence-electron chi connectivity index (χ2n) is 3.38. The monoisotopic (exact) mass is 197 g/mol. The molecule has 0 radical (unpaired) electrons. The first-order valence-electron chi connectivity index (χ1n) is 5.00. The Labute approximate surface area is 86.2 Å². The molecule has 0 aromatic rings. The summed E-state index contributed by atoms with van der Waals surface area (Å²) in [6.45, 7) is 4.78. The van der Waals surface area contributed by atoms with Crippen molar-refractivity contribution in [1.82, 2.24) is 5.32 Å². The fraction of sp³-hybridized carbons (Fsp3) is 0.727. The van der Waals surface area contributed by atoms with Crippen molar-refractivity contribution in [3.63, 3.8) is 0 Å². The Hall–Kier alpha value is -1.01. The van der Waals surface area contributed by atoms with Gasteiger partial charge in [0.25, 0.3) is 0 Å². The van der Waals surface area contributed by atoms with Gasteiger partial charge in [-0.3, -0.25) is 4.79 Å². The minimum absolute atomic E-state index is 0.0364. The number of nitrogens with one attached hydrogen (secondary N) is 1. The van der Waals surface area contributed by atoms with Crippen molar-refractivity contribution in [3.05, 3.63) is 0 Å². The summed E-state index contributed by atoms with van der Waals surface area (Å²) in [5.74, 6) is 2.38. The smallest absolute Gasteiger partial charge is 0.320 e. The lowest BCUT2D eigenvalue weighted by atomic mass is 10.2. The largest absolute Gasteiger partial charge is 0.462 e. The van der Waals surface area contributed by atoms with E-state index >= 15 is 0 Å². The first-order valence-corrected chi connectivity index (χ1v) is 5.00. The number of unbranched alkanes of at least 4 members (excludes halogenated alkanes) is 2. The average molecular weight is 197 g/mol. The third kappa shape index (κ3) is 9.08. The van der Waals surface area contributed by atoms with Gasteiger partial charge in [0, 0.05) is 6.42 Å². The Balaban J connectivity index is 3.20. The summed E-state index contributed by atoms with van der Waals surface area (Å²) >= 11 is 0. The highest BCUT2D eigenvalue weighted by Gasteiger charge is 2.03. The van der Waals surface area contributed by atoms with Crippen molar-refractivity contribution in [2.24, 2.45) is 0 Å². The summed E-state index contributed by atoms with van der Waals surface area (Å²) < 4.78 is 4.94. The number of hydrogen-bond acceptors (Lipinski definition) is 3. The van der Waals surface area contributed by atoms with Gasteiger partial charge in [-0.1, -0.05) is 0 Å². The Bertz CT molecular complexity index is 194. The molecule has 3 nitrogen and oxygen atoms in total. The molecule has 0 rings (SSSR count). The van der Waals surface area contributed by atoms with Gasteiger partial charge in [-0.15, -0.1) is 12.3 Å². The summed E-state index contributed by atoms with van der Waals surface area (Å²) in [6, 6.07) is 0. The van der Waals surface area contributed by atoms with Gasteiger partial charge in [0.2, 0.25) is 0 Å². The quantitative estimate of drug-likeness (QED) is 0.380. The summed E-state index contributed by atoms with van der Waals surface area (Å²) in [4.78, 5) is 11.0. The zero-order valence-electron chi connectivity index (χ0n) is 9.01. The SMILES string of the molecule is C#CCCCCNCC(=O)OC(C)C. The zero-order valence-corrected chi connectivity index (χ0v) is 9.01. The molecule has 0 heterocycles. The van der Waals surface area contributed by atoms with E-state index in [0.717, 1.165) is 25.8 Å². The van der Waals surface area contributed by atoms with E-state index in [9.17, 15) is 4.79 Å². The van der Waals surface area contributed by atoms with Crippen LogP contribution >= 0.6 is 0 Å². The average Bonchev–Trinajstić information content (AvgIpc) is 2.10. The molecule has 1 N–H and O–H groups in total. The lowest BCUT2D eigenvalue weighted by Gasteiger charge is -2.08. The highest BCUT2D eigenvalue weighted by Crippen LogP contribution is 1.91. The summed E-state index contributed by atoms with van der Waals surface area (Å²) in [5, 5.41) is 3.01. The first kappa shape index (κ1) is 13.0. The number of rotatable bonds is 7. The topological polar surface area (TPSA) is 38.3 Å². The third-order valence-corrected chi connectivity index (χ3v) is 1.56. The number of carbonyl (C=O) groups excluding carboxylic acids is 1. The molecule has 0 unspecified atom stereocenters. The summed E-state index contributed by atoms with van der Waals surface area (Å²) in [6.07, 6.45) is 7.87. The molecule has 0 saturated heterocycles. The first-order chi connectivity index (χ1) is 6.66. The number of hydrogen-bond donors (Lipinski definition) is 1. The molecule has 0 fully saturated rings. The van der Waals surface area contributed by atoms with Crippen molar-refractivity contribution in [2.45, 2.75) is 39.2 Å². The number of terminal acetylenes is 1. The maximum absolute atomic E-state index is 11.0. The van der Waals surface area contributed by atoms with Gasteiger partial charge in [-0.25, -0.2) is 0 Å². The Morgan fingerprint density at radius 3 is 2.79 bits per heavy atom. The van der Waals surface area contributed by atoms with Gasteiger partial charge in [-0.05, 0) is 33.2 Å². The Morgan fingerprint density at radius 2 is 2.21 bits per heavy atom. The van der Waals surface area contributed by atoms with Gasteiger partial charge in [0.15, 0.2) is 0 Å². The number of esters is 1. The minimum atomic E-state index is -0.197. The molecule has 0 saturated carbocycles. The molecule has 0 aliphatic heterocycles. The van der Waals surface area contributed by atoms with Crippen molar-refractivity contribution < 1.29 is 9.53 Å². The lowest BCUT2D eigenvalue weighted by Crippen LogP contribution is -2.27. The molecule has 0 bridgehead atoms. The maximum atomic E-state index is 11.0. The van der Waals surface area contributed by atoms with Crippen LogP contribution in [0.1, 0.15) is 33.1 Å². The minimum Gasteiger partial charge on any atom is -0.462 e.